The lowest BCUT2D eigenvalue weighted by molar-refractivity contribution is -0.385. The number of halogens is 1. The molecule has 20 heavy (non-hydrogen) atoms. The number of nitro benzene ring substituents is 1. The number of benzene rings is 1. The summed E-state index contributed by atoms with van der Waals surface area (Å²) in [5.41, 5.74) is -0.836. The molecule has 0 saturated heterocycles. The van der Waals surface area contributed by atoms with Crippen LogP contribution in [0.25, 0.3) is 0 Å². The van der Waals surface area contributed by atoms with Crippen LogP contribution in [0.15, 0.2) is 18.2 Å². The summed E-state index contributed by atoms with van der Waals surface area (Å²) < 4.78 is 13.2. The van der Waals surface area contributed by atoms with Gasteiger partial charge in [-0.15, -0.1) is 0 Å². The number of carbonyl (C=O) groups excluding carboxylic acids is 1. The fourth-order valence-electron chi connectivity index (χ4n) is 1.85. The predicted octanol–water partition coefficient (Wildman–Crippen LogP) is 1.33. The number of rotatable bonds is 5. The largest absolute Gasteiger partial charge is 0.480 e. The van der Waals surface area contributed by atoms with Gasteiger partial charge in [-0.25, -0.2) is 9.18 Å². The molecule has 8 heteroatoms. The lowest BCUT2D eigenvalue weighted by Crippen LogP contribution is -2.42. The first-order chi connectivity index (χ1) is 9.38. The summed E-state index contributed by atoms with van der Waals surface area (Å²) >= 11 is 0. The number of carboxylic acids is 1. The zero-order chi connectivity index (χ0) is 14.9. The number of non-ortho nitro benzene ring substituents is 1. The summed E-state index contributed by atoms with van der Waals surface area (Å²) in [6.45, 7) is 0. The van der Waals surface area contributed by atoms with Gasteiger partial charge in [-0.3, -0.25) is 14.9 Å². The monoisotopic (exact) mass is 282 g/mol. The smallest absolute Gasteiger partial charge is 0.326 e. The van der Waals surface area contributed by atoms with Gasteiger partial charge in [0, 0.05) is 11.6 Å². The summed E-state index contributed by atoms with van der Waals surface area (Å²) in [6.07, 6.45) is 1.39. The third-order valence-corrected chi connectivity index (χ3v) is 3.00. The van der Waals surface area contributed by atoms with Crippen molar-refractivity contribution < 1.29 is 24.0 Å². The quantitative estimate of drug-likeness (QED) is 0.625. The van der Waals surface area contributed by atoms with Crippen LogP contribution in [0.4, 0.5) is 10.1 Å². The first kappa shape index (κ1) is 13.9. The van der Waals surface area contributed by atoms with Gasteiger partial charge in [0.2, 0.25) is 0 Å². The summed E-state index contributed by atoms with van der Waals surface area (Å²) in [4.78, 5) is 32.6. The lowest BCUT2D eigenvalue weighted by atomic mass is 10.1. The van der Waals surface area contributed by atoms with Crippen LogP contribution in [0.3, 0.4) is 0 Å². The Morgan fingerprint density at radius 2 is 2.05 bits per heavy atom. The molecule has 1 aromatic carbocycles. The molecule has 1 atom stereocenters. The highest BCUT2D eigenvalue weighted by molar-refractivity contribution is 5.97. The van der Waals surface area contributed by atoms with E-state index in [0.29, 0.717) is 18.9 Å². The average Bonchev–Trinajstić information content (AvgIpc) is 3.18. The molecule has 1 saturated carbocycles. The van der Waals surface area contributed by atoms with Crippen LogP contribution in [-0.2, 0) is 4.79 Å². The summed E-state index contributed by atoms with van der Waals surface area (Å²) in [5, 5.41) is 21.8. The number of carboxylic acid groups (broad SMARTS) is 1. The zero-order valence-corrected chi connectivity index (χ0v) is 10.2. The highest BCUT2D eigenvalue weighted by atomic mass is 19.1. The fourth-order valence-corrected chi connectivity index (χ4v) is 1.85. The third-order valence-electron chi connectivity index (χ3n) is 3.00. The Labute approximate surface area is 112 Å². The number of hydrogen-bond acceptors (Lipinski definition) is 4. The number of nitro groups is 1. The van der Waals surface area contributed by atoms with E-state index in [-0.39, 0.29) is 11.5 Å². The Kier molecular flexibility index (Phi) is 3.64. The van der Waals surface area contributed by atoms with Gasteiger partial charge >= 0.3 is 5.97 Å². The molecule has 0 spiro atoms. The van der Waals surface area contributed by atoms with Crippen LogP contribution >= 0.6 is 0 Å². The fraction of sp³-hybridized carbons (Fsp3) is 0.333. The number of nitrogens with one attached hydrogen (secondary N) is 1. The third kappa shape index (κ3) is 3.08. The molecule has 1 unspecified atom stereocenters. The second kappa shape index (κ2) is 5.24. The zero-order valence-electron chi connectivity index (χ0n) is 10.2. The maximum absolute atomic E-state index is 13.2. The first-order valence-corrected chi connectivity index (χ1v) is 5.87. The minimum absolute atomic E-state index is 0.139. The molecule has 7 nitrogen and oxygen atoms in total. The van der Waals surface area contributed by atoms with Crippen molar-refractivity contribution in [3.05, 3.63) is 39.7 Å². The van der Waals surface area contributed by atoms with Crippen LogP contribution in [-0.4, -0.2) is 27.9 Å². The molecule has 1 aromatic rings. The first-order valence-electron chi connectivity index (χ1n) is 5.87. The average molecular weight is 282 g/mol. The second-order valence-electron chi connectivity index (χ2n) is 4.58. The molecule has 0 radical (unpaired) electrons. The van der Waals surface area contributed by atoms with Crippen molar-refractivity contribution in [2.24, 2.45) is 5.92 Å². The van der Waals surface area contributed by atoms with E-state index >= 15 is 0 Å². The van der Waals surface area contributed by atoms with E-state index in [1.54, 1.807) is 0 Å². The standard InChI is InChI=1S/C12H11FN2O5/c13-8-3-7(4-9(5-8)15(19)20)11(16)14-10(12(17)18)6-1-2-6/h3-6,10H,1-2H2,(H,14,16)(H,17,18). The van der Waals surface area contributed by atoms with E-state index in [1.165, 1.54) is 0 Å². The minimum atomic E-state index is -1.17. The number of amides is 1. The molecular formula is C12H11FN2O5. The molecule has 2 rings (SSSR count). The SMILES string of the molecule is O=C(NC(C(=O)O)C1CC1)c1cc(F)cc([N+](=O)[O-])c1. The Morgan fingerprint density at radius 3 is 2.55 bits per heavy atom. The Balaban J connectivity index is 2.20. The van der Waals surface area contributed by atoms with Gasteiger partial charge in [0.25, 0.3) is 11.6 Å². The van der Waals surface area contributed by atoms with Gasteiger partial charge in [0.15, 0.2) is 0 Å². The molecule has 1 aliphatic carbocycles. The predicted molar refractivity (Wildman–Crippen MR) is 64.7 cm³/mol. The van der Waals surface area contributed by atoms with Crippen molar-refractivity contribution >= 4 is 17.6 Å². The van der Waals surface area contributed by atoms with Gasteiger partial charge < -0.3 is 10.4 Å². The molecule has 0 aliphatic heterocycles. The highest BCUT2D eigenvalue weighted by Crippen LogP contribution is 2.33. The van der Waals surface area contributed by atoms with Crippen LogP contribution in [0.1, 0.15) is 23.2 Å². The van der Waals surface area contributed by atoms with Gasteiger partial charge in [0.1, 0.15) is 11.9 Å². The summed E-state index contributed by atoms with van der Waals surface area (Å²) in [5.74, 6) is -3.08. The van der Waals surface area contributed by atoms with E-state index in [1.807, 2.05) is 0 Å². The van der Waals surface area contributed by atoms with Crippen molar-refractivity contribution in [1.82, 2.24) is 5.32 Å². The van der Waals surface area contributed by atoms with E-state index < -0.39 is 34.3 Å². The topological polar surface area (TPSA) is 110 Å². The molecule has 0 bridgehead atoms. The van der Waals surface area contributed by atoms with E-state index in [2.05, 4.69) is 5.32 Å². The van der Waals surface area contributed by atoms with Crippen molar-refractivity contribution in [2.75, 3.05) is 0 Å². The molecule has 1 aliphatic rings. The molecule has 0 heterocycles. The molecule has 0 aromatic heterocycles. The van der Waals surface area contributed by atoms with Crippen LogP contribution in [0.5, 0.6) is 0 Å². The second-order valence-corrected chi connectivity index (χ2v) is 4.58. The van der Waals surface area contributed by atoms with Crippen molar-refractivity contribution in [3.8, 4) is 0 Å². The highest BCUT2D eigenvalue weighted by Gasteiger charge is 2.37. The van der Waals surface area contributed by atoms with E-state index in [9.17, 15) is 24.1 Å². The number of aliphatic carboxylic acids is 1. The van der Waals surface area contributed by atoms with E-state index in [4.69, 9.17) is 5.11 Å². The molecular weight excluding hydrogens is 271 g/mol. The van der Waals surface area contributed by atoms with Crippen LogP contribution < -0.4 is 5.32 Å². The van der Waals surface area contributed by atoms with Gasteiger partial charge in [-0.2, -0.15) is 0 Å². The number of carbonyl (C=O) groups is 2. The lowest BCUT2D eigenvalue weighted by Gasteiger charge is -2.13. The Hall–Kier alpha value is -2.51. The van der Waals surface area contributed by atoms with Gasteiger partial charge in [-0.05, 0) is 24.8 Å². The Bertz CT molecular complexity index is 585. The Morgan fingerprint density at radius 1 is 1.40 bits per heavy atom. The molecule has 1 fully saturated rings. The summed E-state index contributed by atoms with van der Waals surface area (Å²) in [6, 6.07) is 1.37. The maximum atomic E-state index is 13.2. The summed E-state index contributed by atoms with van der Waals surface area (Å²) in [7, 11) is 0. The van der Waals surface area contributed by atoms with Crippen molar-refractivity contribution in [3.63, 3.8) is 0 Å². The van der Waals surface area contributed by atoms with Crippen molar-refractivity contribution in [1.29, 1.82) is 0 Å². The van der Waals surface area contributed by atoms with Gasteiger partial charge in [-0.1, -0.05) is 0 Å². The van der Waals surface area contributed by atoms with E-state index in [0.717, 1.165) is 12.1 Å². The molecule has 106 valence electrons. The van der Waals surface area contributed by atoms with Crippen LogP contribution in [0.2, 0.25) is 0 Å². The maximum Gasteiger partial charge on any atom is 0.326 e. The number of nitrogens with zero attached hydrogens (tertiary/aromatic N) is 1. The number of hydrogen-bond donors (Lipinski definition) is 2. The normalized spacial score (nSPS) is 15.4. The van der Waals surface area contributed by atoms with Crippen LogP contribution in [0, 0.1) is 21.8 Å². The molecule has 2 N–H and O–H groups in total. The van der Waals surface area contributed by atoms with Gasteiger partial charge in [0.05, 0.1) is 11.0 Å². The van der Waals surface area contributed by atoms with Crippen molar-refractivity contribution in [2.45, 2.75) is 18.9 Å². The minimum Gasteiger partial charge on any atom is -0.480 e. The molecule has 1 amide bonds.